The van der Waals surface area contributed by atoms with E-state index in [9.17, 15) is 0 Å². The summed E-state index contributed by atoms with van der Waals surface area (Å²) in [6, 6.07) is 0. The molecule has 84 valence electrons. The van der Waals surface area contributed by atoms with Gasteiger partial charge >= 0.3 is 0 Å². The molecule has 0 heterocycles. The fourth-order valence-corrected chi connectivity index (χ4v) is 3.32. The van der Waals surface area contributed by atoms with Crippen molar-refractivity contribution < 1.29 is 0 Å². The van der Waals surface area contributed by atoms with Crippen LogP contribution in [0.1, 0.15) is 66.2 Å². The van der Waals surface area contributed by atoms with Gasteiger partial charge in [0.25, 0.3) is 0 Å². The number of nitrogens with two attached hydrogens (primary N) is 1. The highest BCUT2D eigenvalue weighted by atomic mass is 14.8. The minimum Gasteiger partial charge on any atom is -0.325 e. The summed E-state index contributed by atoms with van der Waals surface area (Å²) >= 11 is 0. The maximum Gasteiger partial charge on any atom is 0.0187 e. The molecule has 1 aliphatic rings. The van der Waals surface area contributed by atoms with Crippen molar-refractivity contribution in [3.63, 3.8) is 0 Å². The Bertz CT molecular complexity index is 176. The van der Waals surface area contributed by atoms with E-state index in [0.29, 0.717) is 11.3 Å². The molecule has 0 spiro atoms. The van der Waals surface area contributed by atoms with E-state index in [2.05, 4.69) is 27.7 Å². The summed E-state index contributed by atoms with van der Waals surface area (Å²) in [6.45, 7) is 9.30. The van der Waals surface area contributed by atoms with Crippen molar-refractivity contribution in [2.24, 2.45) is 17.1 Å². The van der Waals surface area contributed by atoms with E-state index in [1.165, 1.54) is 38.5 Å². The van der Waals surface area contributed by atoms with Gasteiger partial charge in [0.05, 0.1) is 0 Å². The molecule has 1 aliphatic carbocycles. The second-order valence-electron chi connectivity index (χ2n) is 6.15. The Morgan fingerprint density at radius 3 is 2.43 bits per heavy atom. The Morgan fingerprint density at radius 2 is 1.93 bits per heavy atom. The predicted molar refractivity (Wildman–Crippen MR) is 63.2 cm³/mol. The first kappa shape index (κ1) is 12.0. The Balaban J connectivity index is 2.78. The fraction of sp³-hybridized carbons (Fsp3) is 1.00. The third-order valence-electron chi connectivity index (χ3n) is 3.84. The van der Waals surface area contributed by atoms with E-state index in [-0.39, 0.29) is 5.54 Å². The normalized spacial score (nSPS) is 34.5. The Kier molecular flexibility index (Phi) is 3.63. The van der Waals surface area contributed by atoms with Gasteiger partial charge in [-0.25, -0.2) is 0 Å². The maximum atomic E-state index is 6.60. The summed E-state index contributed by atoms with van der Waals surface area (Å²) in [5.41, 5.74) is 7.11. The molecule has 1 nitrogen and oxygen atoms in total. The highest BCUT2D eigenvalue weighted by Crippen LogP contribution is 2.44. The monoisotopic (exact) mass is 197 g/mol. The van der Waals surface area contributed by atoms with E-state index >= 15 is 0 Å². The Hall–Kier alpha value is -0.0400. The quantitative estimate of drug-likeness (QED) is 0.717. The van der Waals surface area contributed by atoms with Crippen molar-refractivity contribution in [1.29, 1.82) is 0 Å². The van der Waals surface area contributed by atoms with E-state index < -0.39 is 0 Å². The van der Waals surface area contributed by atoms with Gasteiger partial charge in [-0.3, -0.25) is 0 Å². The van der Waals surface area contributed by atoms with Gasteiger partial charge in [0.15, 0.2) is 0 Å². The average Bonchev–Trinajstić information content (AvgIpc) is 2.02. The van der Waals surface area contributed by atoms with Crippen molar-refractivity contribution in [3.05, 3.63) is 0 Å². The minimum atomic E-state index is 0.130. The molecule has 0 bridgehead atoms. The van der Waals surface area contributed by atoms with Crippen LogP contribution in [0.15, 0.2) is 0 Å². The van der Waals surface area contributed by atoms with Crippen LogP contribution in [-0.2, 0) is 0 Å². The van der Waals surface area contributed by atoms with Gasteiger partial charge in [-0.1, -0.05) is 47.0 Å². The zero-order valence-electron chi connectivity index (χ0n) is 10.4. The summed E-state index contributed by atoms with van der Waals surface area (Å²) in [4.78, 5) is 0. The first-order valence-corrected chi connectivity index (χ1v) is 6.19. The van der Waals surface area contributed by atoms with E-state index in [0.717, 1.165) is 0 Å². The van der Waals surface area contributed by atoms with E-state index in [1.54, 1.807) is 0 Å². The van der Waals surface area contributed by atoms with Gasteiger partial charge in [-0.05, 0) is 30.6 Å². The lowest BCUT2D eigenvalue weighted by atomic mass is 9.61. The van der Waals surface area contributed by atoms with Crippen LogP contribution in [0.4, 0.5) is 0 Å². The van der Waals surface area contributed by atoms with Crippen LogP contribution in [0.2, 0.25) is 0 Å². The summed E-state index contributed by atoms with van der Waals surface area (Å²) in [6.07, 6.45) is 7.72. The molecule has 0 aliphatic heterocycles. The fourth-order valence-electron chi connectivity index (χ4n) is 3.32. The van der Waals surface area contributed by atoms with Crippen LogP contribution in [0.5, 0.6) is 0 Å². The zero-order chi connectivity index (χ0) is 10.8. The molecule has 2 N–H and O–H groups in total. The van der Waals surface area contributed by atoms with Gasteiger partial charge < -0.3 is 5.73 Å². The Morgan fingerprint density at radius 1 is 1.29 bits per heavy atom. The van der Waals surface area contributed by atoms with Gasteiger partial charge in [0.2, 0.25) is 0 Å². The third kappa shape index (κ3) is 2.50. The van der Waals surface area contributed by atoms with Crippen molar-refractivity contribution >= 4 is 0 Å². The van der Waals surface area contributed by atoms with E-state index in [1.807, 2.05) is 0 Å². The summed E-state index contributed by atoms with van der Waals surface area (Å²) < 4.78 is 0. The SMILES string of the molecule is CCCC1(N)CCCCC1C(C)(C)C. The molecule has 0 saturated heterocycles. The molecule has 1 rings (SSSR count). The molecule has 2 atom stereocenters. The molecule has 0 aromatic rings. The highest BCUT2D eigenvalue weighted by Gasteiger charge is 2.42. The molecule has 1 fully saturated rings. The molecule has 1 heteroatoms. The minimum absolute atomic E-state index is 0.130. The summed E-state index contributed by atoms with van der Waals surface area (Å²) in [5.74, 6) is 0.712. The van der Waals surface area contributed by atoms with E-state index in [4.69, 9.17) is 5.73 Å². The second kappa shape index (κ2) is 4.22. The number of hydrogen-bond donors (Lipinski definition) is 1. The predicted octanol–water partition coefficient (Wildman–Crippen LogP) is 3.72. The van der Waals surface area contributed by atoms with Crippen molar-refractivity contribution in [1.82, 2.24) is 0 Å². The standard InChI is InChI=1S/C13H27N/c1-5-9-13(14)10-7-6-8-11(13)12(2,3)4/h11H,5-10,14H2,1-4H3. The second-order valence-corrected chi connectivity index (χ2v) is 6.15. The zero-order valence-corrected chi connectivity index (χ0v) is 10.4. The Labute approximate surface area is 89.5 Å². The topological polar surface area (TPSA) is 26.0 Å². The first-order valence-electron chi connectivity index (χ1n) is 6.19. The van der Waals surface area contributed by atoms with Crippen LogP contribution >= 0.6 is 0 Å². The molecular weight excluding hydrogens is 170 g/mol. The largest absolute Gasteiger partial charge is 0.325 e. The van der Waals surface area contributed by atoms with Crippen LogP contribution in [0.25, 0.3) is 0 Å². The van der Waals surface area contributed by atoms with Crippen LogP contribution in [0, 0.1) is 11.3 Å². The summed E-state index contributed by atoms with van der Waals surface area (Å²) in [7, 11) is 0. The molecule has 14 heavy (non-hydrogen) atoms. The van der Waals surface area contributed by atoms with Gasteiger partial charge in [0, 0.05) is 5.54 Å². The van der Waals surface area contributed by atoms with Gasteiger partial charge in [-0.2, -0.15) is 0 Å². The molecule has 0 aromatic carbocycles. The molecule has 0 radical (unpaired) electrons. The van der Waals surface area contributed by atoms with Crippen molar-refractivity contribution in [2.45, 2.75) is 71.8 Å². The van der Waals surface area contributed by atoms with Crippen LogP contribution in [0.3, 0.4) is 0 Å². The van der Waals surface area contributed by atoms with Crippen molar-refractivity contribution in [3.8, 4) is 0 Å². The molecular formula is C13H27N. The van der Waals surface area contributed by atoms with Crippen LogP contribution < -0.4 is 5.73 Å². The maximum absolute atomic E-state index is 6.60. The van der Waals surface area contributed by atoms with Crippen molar-refractivity contribution in [2.75, 3.05) is 0 Å². The lowest BCUT2D eigenvalue weighted by Crippen LogP contribution is -2.53. The lowest BCUT2D eigenvalue weighted by molar-refractivity contribution is 0.0725. The molecule has 1 saturated carbocycles. The smallest absolute Gasteiger partial charge is 0.0187 e. The van der Waals surface area contributed by atoms with Crippen LogP contribution in [-0.4, -0.2) is 5.54 Å². The first-order chi connectivity index (χ1) is 6.40. The number of hydrogen-bond acceptors (Lipinski definition) is 1. The highest BCUT2D eigenvalue weighted by molar-refractivity contribution is 4.98. The lowest BCUT2D eigenvalue weighted by Gasteiger charge is -2.48. The molecule has 0 aromatic heterocycles. The average molecular weight is 197 g/mol. The third-order valence-corrected chi connectivity index (χ3v) is 3.84. The molecule has 2 unspecified atom stereocenters. The molecule has 0 amide bonds. The van der Waals surface area contributed by atoms with Gasteiger partial charge in [-0.15, -0.1) is 0 Å². The van der Waals surface area contributed by atoms with Gasteiger partial charge in [0.1, 0.15) is 0 Å². The summed E-state index contributed by atoms with van der Waals surface area (Å²) in [5, 5.41) is 0. The number of rotatable bonds is 2.